The van der Waals surface area contributed by atoms with Crippen LogP contribution in [0, 0.1) is 0 Å². The predicted octanol–water partition coefficient (Wildman–Crippen LogP) is 1.57. The molecule has 2 aliphatic rings. The fourth-order valence-corrected chi connectivity index (χ4v) is 3.12. The second-order valence-electron chi connectivity index (χ2n) is 4.98. The Morgan fingerprint density at radius 1 is 1.12 bits per heavy atom. The van der Waals surface area contributed by atoms with Crippen LogP contribution < -0.4 is 0 Å². The molecule has 0 aromatic rings. The molecule has 16 heavy (non-hydrogen) atoms. The molecular formula is C12H23BrN2O. The van der Waals surface area contributed by atoms with Crippen LogP contribution >= 0.6 is 15.9 Å². The lowest BCUT2D eigenvalue weighted by molar-refractivity contribution is 0.0199. The monoisotopic (exact) mass is 290 g/mol. The molecule has 4 heteroatoms. The molecule has 0 saturated carbocycles. The van der Waals surface area contributed by atoms with Gasteiger partial charge in [-0.2, -0.15) is 0 Å². The summed E-state index contributed by atoms with van der Waals surface area (Å²) in [6.07, 6.45) is 3.48. The number of piperazine rings is 1. The molecule has 0 aromatic heterocycles. The highest BCUT2D eigenvalue weighted by Gasteiger charge is 2.25. The Kier molecular flexibility index (Phi) is 5.07. The number of rotatable bonds is 4. The van der Waals surface area contributed by atoms with Crippen LogP contribution in [0.1, 0.15) is 19.8 Å². The Morgan fingerprint density at radius 2 is 1.81 bits per heavy atom. The van der Waals surface area contributed by atoms with Crippen molar-refractivity contribution < 1.29 is 4.74 Å². The smallest absolute Gasteiger partial charge is 0.0706 e. The molecule has 2 unspecified atom stereocenters. The summed E-state index contributed by atoms with van der Waals surface area (Å²) in [5.74, 6) is 0. The molecule has 0 aromatic carbocycles. The Bertz CT molecular complexity index is 207. The summed E-state index contributed by atoms with van der Waals surface area (Å²) in [4.78, 5) is 5.09. The molecule has 0 amide bonds. The minimum Gasteiger partial charge on any atom is -0.374 e. The minimum atomic E-state index is 0.486. The van der Waals surface area contributed by atoms with Gasteiger partial charge < -0.3 is 4.74 Å². The van der Waals surface area contributed by atoms with E-state index in [-0.39, 0.29) is 0 Å². The van der Waals surface area contributed by atoms with Gasteiger partial charge in [0.25, 0.3) is 0 Å². The van der Waals surface area contributed by atoms with Crippen LogP contribution in [0.3, 0.4) is 0 Å². The Balaban J connectivity index is 1.65. The van der Waals surface area contributed by atoms with Gasteiger partial charge in [0.15, 0.2) is 0 Å². The summed E-state index contributed by atoms with van der Waals surface area (Å²) in [5, 5.41) is 1.09. The van der Waals surface area contributed by atoms with Gasteiger partial charge in [-0.05, 0) is 19.8 Å². The van der Waals surface area contributed by atoms with E-state index in [2.05, 4.69) is 32.7 Å². The molecule has 0 spiro atoms. The van der Waals surface area contributed by atoms with E-state index in [4.69, 9.17) is 4.74 Å². The molecule has 2 atom stereocenters. The first-order valence-electron chi connectivity index (χ1n) is 6.44. The zero-order valence-corrected chi connectivity index (χ0v) is 11.8. The predicted molar refractivity (Wildman–Crippen MR) is 70.2 cm³/mol. The van der Waals surface area contributed by atoms with E-state index in [0.717, 1.165) is 11.9 Å². The first-order valence-corrected chi connectivity index (χ1v) is 7.56. The van der Waals surface area contributed by atoms with Gasteiger partial charge in [0.05, 0.1) is 12.2 Å². The van der Waals surface area contributed by atoms with E-state index in [9.17, 15) is 0 Å². The third-order valence-electron chi connectivity index (χ3n) is 3.65. The molecule has 2 saturated heterocycles. The van der Waals surface area contributed by atoms with Crippen molar-refractivity contribution in [2.24, 2.45) is 0 Å². The van der Waals surface area contributed by atoms with Gasteiger partial charge in [0, 0.05) is 44.6 Å². The molecule has 2 aliphatic heterocycles. The highest BCUT2D eigenvalue weighted by molar-refractivity contribution is 9.09. The normalized spacial score (nSPS) is 33.4. The standard InChI is InChI=1S/C12H23BrN2O/c1-11-2-3-12(16-11)10-15-8-6-14(5-4-13)7-9-15/h11-12H,2-10H2,1H3. The fourth-order valence-electron chi connectivity index (χ4n) is 2.62. The van der Waals surface area contributed by atoms with E-state index in [1.165, 1.54) is 45.6 Å². The average molecular weight is 291 g/mol. The van der Waals surface area contributed by atoms with Crippen LogP contribution in [-0.4, -0.2) is 66.6 Å². The number of hydrogen-bond donors (Lipinski definition) is 0. The third-order valence-corrected chi connectivity index (χ3v) is 4.00. The maximum Gasteiger partial charge on any atom is 0.0706 e. The first kappa shape index (κ1) is 12.8. The number of halogens is 1. The summed E-state index contributed by atoms with van der Waals surface area (Å²) >= 11 is 3.50. The average Bonchev–Trinajstić information content (AvgIpc) is 2.67. The Morgan fingerprint density at radius 3 is 2.38 bits per heavy atom. The molecule has 0 radical (unpaired) electrons. The van der Waals surface area contributed by atoms with E-state index in [1.54, 1.807) is 0 Å². The SMILES string of the molecule is CC1CCC(CN2CCN(CCBr)CC2)O1. The molecule has 0 aliphatic carbocycles. The van der Waals surface area contributed by atoms with Crippen molar-refractivity contribution in [2.75, 3.05) is 44.6 Å². The number of hydrogen-bond acceptors (Lipinski definition) is 3. The summed E-state index contributed by atoms with van der Waals surface area (Å²) in [7, 11) is 0. The molecule has 2 heterocycles. The van der Waals surface area contributed by atoms with Gasteiger partial charge in [-0.25, -0.2) is 0 Å². The van der Waals surface area contributed by atoms with Gasteiger partial charge in [-0.15, -0.1) is 0 Å². The van der Waals surface area contributed by atoms with Crippen molar-refractivity contribution in [1.82, 2.24) is 9.80 Å². The molecule has 0 N–H and O–H groups in total. The molecule has 94 valence electrons. The lowest BCUT2D eigenvalue weighted by Crippen LogP contribution is -2.48. The van der Waals surface area contributed by atoms with Crippen molar-refractivity contribution in [3.8, 4) is 0 Å². The maximum absolute atomic E-state index is 5.88. The molecule has 2 rings (SSSR count). The van der Waals surface area contributed by atoms with E-state index >= 15 is 0 Å². The van der Waals surface area contributed by atoms with E-state index in [0.29, 0.717) is 12.2 Å². The topological polar surface area (TPSA) is 15.7 Å². The summed E-state index contributed by atoms with van der Waals surface area (Å²) < 4.78 is 5.88. The second-order valence-corrected chi connectivity index (χ2v) is 5.77. The second kappa shape index (κ2) is 6.34. The zero-order valence-electron chi connectivity index (χ0n) is 10.2. The Labute approximate surface area is 107 Å². The quantitative estimate of drug-likeness (QED) is 0.731. The van der Waals surface area contributed by atoms with E-state index in [1.807, 2.05) is 0 Å². The number of nitrogens with zero attached hydrogens (tertiary/aromatic N) is 2. The number of ether oxygens (including phenoxy) is 1. The van der Waals surface area contributed by atoms with Gasteiger partial charge in [0.1, 0.15) is 0 Å². The third kappa shape index (κ3) is 3.69. The van der Waals surface area contributed by atoms with Gasteiger partial charge in [0.2, 0.25) is 0 Å². The van der Waals surface area contributed by atoms with Crippen LogP contribution in [0.5, 0.6) is 0 Å². The molecule has 2 fully saturated rings. The van der Waals surface area contributed by atoms with Crippen LogP contribution in [0.25, 0.3) is 0 Å². The van der Waals surface area contributed by atoms with E-state index < -0.39 is 0 Å². The maximum atomic E-state index is 5.88. The van der Waals surface area contributed by atoms with Gasteiger partial charge >= 0.3 is 0 Å². The molecular weight excluding hydrogens is 268 g/mol. The highest BCUT2D eigenvalue weighted by Crippen LogP contribution is 2.20. The number of alkyl halides is 1. The van der Waals surface area contributed by atoms with Crippen LogP contribution in [-0.2, 0) is 4.74 Å². The highest BCUT2D eigenvalue weighted by atomic mass is 79.9. The van der Waals surface area contributed by atoms with Crippen LogP contribution in [0.15, 0.2) is 0 Å². The fraction of sp³-hybridized carbons (Fsp3) is 1.00. The van der Waals surface area contributed by atoms with Gasteiger partial charge in [-0.1, -0.05) is 15.9 Å². The molecule has 3 nitrogen and oxygen atoms in total. The first-order chi connectivity index (χ1) is 7.78. The van der Waals surface area contributed by atoms with Gasteiger partial charge in [-0.3, -0.25) is 9.80 Å². The minimum absolute atomic E-state index is 0.486. The van der Waals surface area contributed by atoms with Crippen molar-refractivity contribution in [2.45, 2.75) is 32.0 Å². The summed E-state index contributed by atoms with van der Waals surface area (Å²) in [6, 6.07) is 0. The van der Waals surface area contributed by atoms with Crippen LogP contribution in [0.2, 0.25) is 0 Å². The lowest BCUT2D eigenvalue weighted by Gasteiger charge is -2.35. The Hall–Kier alpha value is 0.360. The van der Waals surface area contributed by atoms with Crippen molar-refractivity contribution in [3.05, 3.63) is 0 Å². The summed E-state index contributed by atoms with van der Waals surface area (Å²) in [5.41, 5.74) is 0. The van der Waals surface area contributed by atoms with Crippen molar-refractivity contribution in [1.29, 1.82) is 0 Å². The van der Waals surface area contributed by atoms with Crippen molar-refractivity contribution in [3.63, 3.8) is 0 Å². The molecule has 0 bridgehead atoms. The summed E-state index contributed by atoms with van der Waals surface area (Å²) in [6.45, 7) is 9.37. The lowest BCUT2D eigenvalue weighted by atomic mass is 10.2. The van der Waals surface area contributed by atoms with Crippen LogP contribution in [0.4, 0.5) is 0 Å². The largest absolute Gasteiger partial charge is 0.374 e. The van der Waals surface area contributed by atoms with Crippen molar-refractivity contribution >= 4 is 15.9 Å². The zero-order chi connectivity index (χ0) is 11.4.